The molecule has 1 aliphatic heterocycles. The number of rotatable bonds is 0. The molecule has 1 radical (unpaired) electrons. The molecule has 0 aromatic rings. The van der Waals surface area contributed by atoms with E-state index in [1.165, 1.54) is 6.08 Å². The quantitative estimate of drug-likeness (QED) is 0.446. The second-order valence-electron chi connectivity index (χ2n) is 1.85. The van der Waals surface area contributed by atoms with Gasteiger partial charge < -0.3 is 0 Å². The molecule has 0 N–H and O–H groups in total. The molecule has 1 aliphatic carbocycles. The van der Waals surface area contributed by atoms with E-state index in [0.29, 0.717) is 11.4 Å². The average Bonchev–Trinajstić information content (AvgIpc) is 2.33. The van der Waals surface area contributed by atoms with Crippen LogP contribution in [0.4, 0.5) is 0 Å². The van der Waals surface area contributed by atoms with Gasteiger partial charge >= 0.3 is 0 Å². The zero-order valence-electron chi connectivity index (χ0n) is 4.90. The summed E-state index contributed by atoms with van der Waals surface area (Å²) >= 11 is 0. The molecule has 0 bridgehead atoms. The zero-order chi connectivity index (χ0) is 6.97. The highest BCUT2D eigenvalue weighted by atomic mass is 16.1. The molecule has 0 saturated heterocycles. The van der Waals surface area contributed by atoms with Gasteiger partial charge in [0.05, 0.1) is 6.08 Å². The minimum absolute atomic E-state index is 0.185. The van der Waals surface area contributed by atoms with Gasteiger partial charge in [-0.1, -0.05) is 0 Å². The lowest BCUT2D eigenvalue weighted by Crippen LogP contribution is -2.03. The molecule has 0 unspecified atom stereocenters. The van der Waals surface area contributed by atoms with Crippen LogP contribution in [0.1, 0.15) is 0 Å². The molecule has 4 heteroatoms. The number of carbonyl (C=O) groups excluding carboxylic acids is 1. The summed E-state index contributed by atoms with van der Waals surface area (Å²) in [4.78, 5) is 10.6. The number of hydrogen-bond donors (Lipinski definition) is 0. The maximum atomic E-state index is 10.6. The molecular weight excluding hydrogens is 130 g/mol. The van der Waals surface area contributed by atoms with Crippen molar-refractivity contribution in [2.24, 2.45) is 15.4 Å². The molecule has 0 atom stereocenters. The molecule has 1 heterocycles. The third kappa shape index (κ3) is 0.621. The smallest absolute Gasteiger partial charge is 0.189 e. The first kappa shape index (κ1) is 5.22. The van der Waals surface area contributed by atoms with E-state index in [2.05, 4.69) is 21.5 Å². The normalized spacial score (nSPS) is 20.6. The molecule has 0 saturated carbocycles. The summed E-state index contributed by atoms with van der Waals surface area (Å²) in [5, 5.41) is 10.6. The fourth-order valence-electron chi connectivity index (χ4n) is 0.728. The van der Waals surface area contributed by atoms with E-state index in [9.17, 15) is 4.79 Å². The van der Waals surface area contributed by atoms with Gasteiger partial charge in [-0.25, -0.2) is 0 Å². The Hall–Kier alpha value is -1.58. The maximum Gasteiger partial charge on any atom is 0.189 e. The SMILES string of the molecule is O=C1[C]=C2N=NN=C2C=C1. The summed E-state index contributed by atoms with van der Waals surface area (Å²) in [7, 11) is 0. The Morgan fingerprint density at radius 2 is 2.30 bits per heavy atom. The van der Waals surface area contributed by atoms with Crippen molar-refractivity contribution in [1.29, 1.82) is 0 Å². The van der Waals surface area contributed by atoms with Gasteiger partial charge in [0.2, 0.25) is 0 Å². The monoisotopic (exact) mass is 132 g/mol. The number of fused-ring (bicyclic) bond motifs is 1. The number of nitrogens with zero attached hydrogens (tertiary/aromatic N) is 3. The third-order valence-corrected chi connectivity index (χ3v) is 1.17. The minimum Gasteiger partial charge on any atom is -0.289 e. The minimum atomic E-state index is -0.185. The summed E-state index contributed by atoms with van der Waals surface area (Å²) in [6.45, 7) is 0. The highest BCUT2D eigenvalue weighted by Crippen LogP contribution is 2.13. The first-order valence-electron chi connectivity index (χ1n) is 2.71. The first-order chi connectivity index (χ1) is 4.86. The first-order valence-corrected chi connectivity index (χ1v) is 2.71. The Balaban J connectivity index is 2.51. The van der Waals surface area contributed by atoms with E-state index in [1.807, 2.05) is 0 Å². The van der Waals surface area contributed by atoms with Gasteiger partial charge in [-0.05, 0) is 17.4 Å². The van der Waals surface area contributed by atoms with Crippen molar-refractivity contribution in [3.05, 3.63) is 23.9 Å². The van der Waals surface area contributed by atoms with Crippen molar-refractivity contribution in [2.75, 3.05) is 0 Å². The standard InChI is InChI=1S/C6H2N3O/c10-4-1-2-5-6(3-4)8-9-7-5/h1-2H. The summed E-state index contributed by atoms with van der Waals surface area (Å²) in [5.74, 6) is -0.185. The van der Waals surface area contributed by atoms with Crippen molar-refractivity contribution in [2.45, 2.75) is 0 Å². The van der Waals surface area contributed by atoms with Gasteiger partial charge in [-0.2, -0.15) is 0 Å². The molecule has 0 spiro atoms. The second-order valence-corrected chi connectivity index (χ2v) is 1.85. The van der Waals surface area contributed by atoms with Crippen LogP contribution in [0.3, 0.4) is 0 Å². The zero-order valence-corrected chi connectivity index (χ0v) is 4.90. The number of hydrogen-bond acceptors (Lipinski definition) is 4. The van der Waals surface area contributed by atoms with Crippen molar-refractivity contribution in [3.63, 3.8) is 0 Å². The van der Waals surface area contributed by atoms with Gasteiger partial charge in [0.1, 0.15) is 11.4 Å². The molecule has 4 nitrogen and oxygen atoms in total. The predicted octanol–water partition coefficient (Wildman–Crippen LogP) is 0.634. The summed E-state index contributed by atoms with van der Waals surface area (Å²) in [5.41, 5.74) is 1.05. The Labute approximate surface area is 56.6 Å². The van der Waals surface area contributed by atoms with Gasteiger partial charge in [0.25, 0.3) is 0 Å². The highest BCUT2D eigenvalue weighted by molar-refractivity contribution is 6.18. The number of carbonyl (C=O) groups is 1. The van der Waals surface area contributed by atoms with E-state index < -0.39 is 0 Å². The largest absolute Gasteiger partial charge is 0.289 e. The Morgan fingerprint density at radius 3 is 3.20 bits per heavy atom. The van der Waals surface area contributed by atoms with E-state index in [1.54, 1.807) is 6.08 Å². The third-order valence-electron chi connectivity index (χ3n) is 1.17. The predicted molar refractivity (Wildman–Crippen MR) is 33.2 cm³/mol. The Morgan fingerprint density at radius 1 is 1.40 bits per heavy atom. The molecule has 2 aliphatic rings. The molecule has 47 valence electrons. The van der Waals surface area contributed by atoms with E-state index in [4.69, 9.17) is 0 Å². The summed E-state index contributed by atoms with van der Waals surface area (Å²) in [6.07, 6.45) is 5.44. The second kappa shape index (κ2) is 1.70. The summed E-state index contributed by atoms with van der Waals surface area (Å²) in [6, 6.07) is 0. The Bertz CT molecular complexity index is 309. The summed E-state index contributed by atoms with van der Waals surface area (Å²) < 4.78 is 0. The van der Waals surface area contributed by atoms with Crippen LogP contribution < -0.4 is 0 Å². The Kier molecular flexibility index (Phi) is 0.887. The van der Waals surface area contributed by atoms with Gasteiger partial charge in [0.15, 0.2) is 5.78 Å². The molecule has 0 aromatic heterocycles. The van der Waals surface area contributed by atoms with Crippen LogP contribution >= 0.6 is 0 Å². The number of allylic oxidation sites excluding steroid dienone is 3. The lowest BCUT2D eigenvalue weighted by atomic mass is 10.1. The number of ketones is 1. The lowest BCUT2D eigenvalue weighted by Gasteiger charge is -1.94. The van der Waals surface area contributed by atoms with Gasteiger partial charge in [-0.15, -0.1) is 10.2 Å². The van der Waals surface area contributed by atoms with Crippen LogP contribution in [-0.2, 0) is 4.79 Å². The average molecular weight is 132 g/mol. The van der Waals surface area contributed by atoms with Crippen LogP contribution in [0.5, 0.6) is 0 Å². The van der Waals surface area contributed by atoms with Crippen molar-refractivity contribution in [3.8, 4) is 0 Å². The fourth-order valence-corrected chi connectivity index (χ4v) is 0.728. The van der Waals surface area contributed by atoms with Crippen LogP contribution in [0, 0.1) is 6.08 Å². The molecule has 0 aromatic carbocycles. The van der Waals surface area contributed by atoms with Crippen molar-refractivity contribution >= 4 is 11.5 Å². The van der Waals surface area contributed by atoms with Crippen LogP contribution in [-0.4, -0.2) is 11.5 Å². The molecule has 0 fully saturated rings. The molecule has 2 rings (SSSR count). The van der Waals surface area contributed by atoms with Crippen molar-refractivity contribution in [1.82, 2.24) is 0 Å². The lowest BCUT2D eigenvalue weighted by molar-refractivity contribution is -0.111. The van der Waals surface area contributed by atoms with Crippen LogP contribution in [0.2, 0.25) is 0 Å². The maximum absolute atomic E-state index is 10.6. The van der Waals surface area contributed by atoms with Crippen LogP contribution in [0.25, 0.3) is 0 Å². The van der Waals surface area contributed by atoms with Crippen molar-refractivity contribution < 1.29 is 4.79 Å². The molecule has 10 heavy (non-hydrogen) atoms. The molecule has 0 amide bonds. The molecular formula is C6H2N3O. The van der Waals surface area contributed by atoms with Gasteiger partial charge in [-0.3, -0.25) is 4.79 Å². The van der Waals surface area contributed by atoms with Crippen LogP contribution in [0.15, 0.2) is 33.3 Å². The van der Waals surface area contributed by atoms with E-state index in [-0.39, 0.29) is 5.78 Å². The van der Waals surface area contributed by atoms with Gasteiger partial charge in [0, 0.05) is 0 Å². The highest BCUT2D eigenvalue weighted by Gasteiger charge is 2.14. The topological polar surface area (TPSA) is 54.1 Å². The fraction of sp³-hybridized carbons (Fsp3) is 0. The van der Waals surface area contributed by atoms with E-state index in [0.717, 1.165) is 0 Å². The van der Waals surface area contributed by atoms with E-state index >= 15 is 0 Å².